The Labute approximate surface area is 93.0 Å². The molecule has 0 aromatic carbocycles. The van der Waals surface area contributed by atoms with Gasteiger partial charge in [-0.05, 0) is 13.3 Å². The van der Waals surface area contributed by atoms with Crippen molar-refractivity contribution in [3.8, 4) is 0 Å². The number of carbonyl (C=O) groups excluding carboxylic acids is 1. The minimum absolute atomic E-state index is 0.101. The molecule has 1 aliphatic rings. The monoisotopic (exact) mass is 232 g/mol. The van der Waals surface area contributed by atoms with Crippen LogP contribution in [0.25, 0.3) is 0 Å². The molecule has 1 amide bonds. The number of rotatable bonds is 3. The molecule has 3 unspecified atom stereocenters. The van der Waals surface area contributed by atoms with Crippen molar-refractivity contribution in [1.82, 2.24) is 4.90 Å². The number of carbonyl (C=O) groups is 2. The molecule has 3 atom stereocenters. The van der Waals surface area contributed by atoms with Crippen LogP contribution in [0.4, 0.5) is 0 Å². The van der Waals surface area contributed by atoms with Crippen molar-refractivity contribution in [3.05, 3.63) is 0 Å². The Bertz CT molecular complexity index is 272. The first-order chi connectivity index (χ1) is 6.99. The van der Waals surface area contributed by atoms with Crippen LogP contribution >= 0.6 is 11.8 Å². The maximum absolute atomic E-state index is 11.8. The molecular formula is C9H16N2O3S. The highest BCUT2D eigenvalue weighted by Gasteiger charge is 2.40. The molecule has 86 valence electrons. The van der Waals surface area contributed by atoms with Gasteiger partial charge in [0.05, 0.1) is 11.4 Å². The Morgan fingerprint density at radius 3 is 2.73 bits per heavy atom. The summed E-state index contributed by atoms with van der Waals surface area (Å²) in [5.74, 6) is -0.774. The SMILES string of the molecule is CCC(N)C(=O)N1C(C)SCC1C(=O)O. The highest BCUT2D eigenvalue weighted by Crippen LogP contribution is 2.29. The number of nitrogens with zero attached hydrogens (tertiary/aromatic N) is 1. The van der Waals surface area contributed by atoms with Crippen molar-refractivity contribution < 1.29 is 14.7 Å². The first-order valence-electron chi connectivity index (χ1n) is 4.91. The van der Waals surface area contributed by atoms with Crippen LogP contribution in [-0.4, -0.2) is 45.1 Å². The minimum atomic E-state index is -0.955. The van der Waals surface area contributed by atoms with E-state index in [0.717, 1.165) is 0 Å². The highest BCUT2D eigenvalue weighted by molar-refractivity contribution is 8.00. The normalized spacial score (nSPS) is 27.8. The van der Waals surface area contributed by atoms with E-state index in [1.165, 1.54) is 16.7 Å². The van der Waals surface area contributed by atoms with E-state index in [0.29, 0.717) is 12.2 Å². The van der Waals surface area contributed by atoms with E-state index < -0.39 is 18.1 Å². The summed E-state index contributed by atoms with van der Waals surface area (Å²) in [6.07, 6.45) is 0.527. The zero-order valence-corrected chi connectivity index (χ0v) is 9.66. The van der Waals surface area contributed by atoms with E-state index in [-0.39, 0.29) is 11.3 Å². The smallest absolute Gasteiger partial charge is 0.327 e. The second-order valence-electron chi connectivity index (χ2n) is 3.55. The van der Waals surface area contributed by atoms with E-state index in [9.17, 15) is 9.59 Å². The van der Waals surface area contributed by atoms with Gasteiger partial charge >= 0.3 is 5.97 Å². The van der Waals surface area contributed by atoms with Crippen molar-refractivity contribution in [2.45, 2.75) is 37.7 Å². The van der Waals surface area contributed by atoms with Crippen molar-refractivity contribution in [3.63, 3.8) is 0 Å². The maximum Gasteiger partial charge on any atom is 0.327 e. The molecular weight excluding hydrogens is 216 g/mol. The van der Waals surface area contributed by atoms with E-state index in [4.69, 9.17) is 10.8 Å². The Kier molecular flexibility index (Phi) is 3.98. The average molecular weight is 232 g/mol. The molecule has 3 N–H and O–H groups in total. The topological polar surface area (TPSA) is 83.6 Å². The lowest BCUT2D eigenvalue weighted by Crippen LogP contribution is -2.51. The van der Waals surface area contributed by atoms with Crippen molar-refractivity contribution >= 4 is 23.6 Å². The van der Waals surface area contributed by atoms with Gasteiger partial charge < -0.3 is 15.7 Å². The van der Waals surface area contributed by atoms with Gasteiger partial charge in [-0.3, -0.25) is 4.79 Å². The largest absolute Gasteiger partial charge is 0.480 e. The van der Waals surface area contributed by atoms with Gasteiger partial charge in [0.1, 0.15) is 6.04 Å². The molecule has 0 aromatic heterocycles. The Balaban J connectivity index is 2.80. The van der Waals surface area contributed by atoms with Gasteiger partial charge in [-0.2, -0.15) is 0 Å². The molecule has 1 saturated heterocycles. The fraction of sp³-hybridized carbons (Fsp3) is 0.778. The summed E-state index contributed by atoms with van der Waals surface area (Å²) in [7, 11) is 0. The molecule has 0 saturated carbocycles. The fourth-order valence-corrected chi connectivity index (χ4v) is 2.71. The number of aliphatic carboxylic acids is 1. The van der Waals surface area contributed by atoms with Gasteiger partial charge in [-0.25, -0.2) is 4.79 Å². The van der Waals surface area contributed by atoms with Crippen LogP contribution in [0.15, 0.2) is 0 Å². The third-order valence-corrected chi connectivity index (χ3v) is 3.74. The number of amides is 1. The predicted octanol–water partition coefficient (Wildman–Crippen LogP) is 0.0983. The molecule has 5 nitrogen and oxygen atoms in total. The third-order valence-electron chi connectivity index (χ3n) is 2.52. The summed E-state index contributed by atoms with van der Waals surface area (Å²) in [6, 6.07) is -1.32. The third kappa shape index (κ3) is 2.43. The number of carboxylic acid groups (broad SMARTS) is 1. The molecule has 15 heavy (non-hydrogen) atoms. The maximum atomic E-state index is 11.8. The molecule has 0 aliphatic carbocycles. The van der Waals surface area contributed by atoms with E-state index in [1.54, 1.807) is 0 Å². The average Bonchev–Trinajstić information content (AvgIpc) is 2.58. The molecule has 1 rings (SSSR count). The van der Waals surface area contributed by atoms with Crippen LogP contribution in [0.3, 0.4) is 0 Å². The second-order valence-corrected chi connectivity index (χ2v) is 4.90. The minimum Gasteiger partial charge on any atom is -0.480 e. The zero-order chi connectivity index (χ0) is 11.6. The summed E-state index contributed by atoms with van der Waals surface area (Å²) in [5, 5.41) is 8.86. The van der Waals surface area contributed by atoms with Crippen LogP contribution in [0.5, 0.6) is 0 Å². The first kappa shape index (κ1) is 12.3. The standard InChI is InChI=1S/C9H16N2O3S/c1-3-6(10)8(12)11-5(2)15-4-7(11)9(13)14/h5-7H,3-4,10H2,1-2H3,(H,13,14). The number of nitrogens with two attached hydrogens (primary N) is 1. The lowest BCUT2D eigenvalue weighted by atomic mass is 10.2. The lowest BCUT2D eigenvalue weighted by molar-refractivity contribution is -0.149. The van der Waals surface area contributed by atoms with Crippen molar-refractivity contribution in [1.29, 1.82) is 0 Å². The quantitative estimate of drug-likeness (QED) is 0.721. The zero-order valence-electron chi connectivity index (χ0n) is 8.84. The van der Waals surface area contributed by atoms with Crippen LogP contribution in [0.1, 0.15) is 20.3 Å². The molecule has 0 radical (unpaired) electrons. The molecule has 0 spiro atoms. The van der Waals surface area contributed by atoms with E-state index in [2.05, 4.69) is 0 Å². The Morgan fingerprint density at radius 2 is 2.27 bits per heavy atom. The molecule has 0 aromatic rings. The highest BCUT2D eigenvalue weighted by atomic mass is 32.2. The van der Waals surface area contributed by atoms with Crippen LogP contribution in [0.2, 0.25) is 0 Å². The summed E-state index contributed by atoms with van der Waals surface area (Å²) < 4.78 is 0. The number of hydrogen-bond donors (Lipinski definition) is 2. The van der Waals surface area contributed by atoms with Crippen LogP contribution < -0.4 is 5.73 Å². The van der Waals surface area contributed by atoms with Gasteiger partial charge in [-0.15, -0.1) is 11.8 Å². The Hall–Kier alpha value is -0.750. The lowest BCUT2D eigenvalue weighted by Gasteiger charge is -2.27. The fourth-order valence-electron chi connectivity index (χ4n) is 1.53. The molecule has 6 heteroatoms. The summed E-state index contributed by atoms with van der Waals surface area (Å²) in [6.45, 7) is 3.64. The van der Waals surface area contributed by atoms with Gasteiger partial charge in [-0.1, -0.05) is 6.92 Å². The summed E-state index contributed by atoms with van der Waals surface area (Å²) >= 11 is 1.47. The van der Waals surface area contributed by atoms with Crippen LogP contribution in [-0.2, 0) is 9.59 Å². The Morgan fingerprint density at radius 1 is 1.67 bits per heavy atom. The molecule has 0 bridgehead atoms. The van der Waals surface area contributed by atoms with Crippen molar-refractivity contribution in [2.75, 3.05) is 5.75 Å². The summed E-state index contributed by atoms with van der Waals surface area (Å²) in [5.41, 5.74) is 5.63. The number of hydrogen-bond acceptors (Lipinski definition) is 4. The number of carboxylic acids is 1. The van der Waals surface area contributed by atoms with E-state index >= 15 is 0 Å². The molecule has 1 aliphatic heterocycles. The molecule has 1 fully saturated rings. The van der Waals surface area contributed by atoms with Gasteiger partial charge in [0.15, 0.2) is 0 Å². The van der Waals surface area contributed by atoms with Gasteiger partial charge in [0, 0.05) is 5.75 Å². The van der Waals surface area contributed by atoms with Gasteiger partial charge in [0.2, 0.25) is 5.91 Å². The van der Waals surface area contributed by atoms with Crippen LogP contribution in [0, 0.1) is 0 Å². The number of thioether (sulfide) groups is 1. The predicted molar refractivity (Wildman–Crippen MR) is 58.5 cm³/mol. The first-order valence-corrected chi connectivity index (χ1v) is 5.96. The molecule has 1 heterocycles. The van der Waals surface area contributed by atoms with E-state index in [1.807, 2.05) is 13.8 Å². The summed E-state index contributed by atoms with van der Waals surface area (Å²) in [4.78, 5) is 24.1. The van der Waals surface area contributed by atoms with Crippen molar-refractivity contribution in [2.24, 2.45) is 5.73 Å². The van der Waals surface area contributed by atoms with Gasteiger partial charge in [0.25, 0.3) is 0 Å². The second kappa shape index (κ2) is 4.85.